The largest absolute Gasteiger partial charge is 0.461 e. The highest BCUT2D eigenvalue weighted by molar-refractivity contribution is 7.09. The summed E-state index contributed by atoms with van der Waals surface area (Å²) < 4.78 is 5.14. The zero-order valence-corrected chi connectivity index (χ0v) is 9.13. The molecule has 3 nitrogen and oxygen atoms in total. The molecule has 1 aliphatic rings. The van der Waals surface area contributed by atoms with Crippen molar-refractivity contribution in [3.05, 3.63) is 16.1 Å². The predicted octanol–water partition coefficient (Wildman–Crippen LogP) is 2.26. The molecule has 1 aliphatic carbocycles. The summed E-state index contributed by atoms with van der Waals surface area (Å²) in [6, 6.07) is 0. The summed E-state index contributed by atoms with van der Waals surface area (Å²) in [6.45, 7) is 4.60. The van der Waals surface area contributed by atoms with E-state index in [0.717, 1.165) is 10.9 Å². The van der Waals surface area contributed by atoms with Crippen LogP contribution in [0.2, 0.25) is 0 Å². The van der Waals surface area contributed by atoms with Gasteiger partial charge in [0.2, 0.25) is 0 Å². The Morgan fingerprint density at radius 1 is 1.79 bits per heavy atom. The van der Waals surface area contributed by atoms with Crippen LogP contribution in [0.15, 0.2) is 5.38 Å². The number of esters is 1. The predicted molar refractivity (Wildman–Crippen MR) is 54.4 cm³/mol. The second kappa shape index (κ2) is 3.69. The zero-order chi connectivity index (χ0) is 10.1. The third-order valence-corrected chi connectivity index (χ3v) is 3.31. The van der Waals surface area contributed by atoms with Crippen LogP contribution in [0.1, 0.15) is 28.8 Å². The Balaban J connectivity index is 1.83. The summed E-state index contributed by atoms with van der Waals surface area (Å²) in [5, 5.41) is 2.64. The van der Waals surface area contributed by atoms with Gasteiger partial charge in [-0.15, -0.1) is 11.3 Å². The van der Waals surface area contributed by atoms with Gasteiger partial charge in [-0.3, -0.25) is 0 Å². The van der Waals surface area contributed by atoms with Crippen LogP contribution in [0.5, 0.6) is 0 Å². The Morgan fingerprint density at radius 3 is 3.00 bits per heavy atom. The van der Waals surface area contributed by atoms with Crippen molar-refractivity contribution < 1.29 is 9.53 Å². The molecule has 0 aliphatic heterocycles. The molecule has 14 heavy (non-hydrogen) atoms. The first kappa shape index (κ1) is 9.65. The molecule has 0 N–H and O–H groups in total. The maximum absolute atomic E-state index is 11.4. The molecule has 0 saturated heterocycles. The molecule has 0 unspecified atom stereocenters. The van der Waals surface area contributed by atoms with Crippen molar-refractivity contribution in [2.24, 2.45) is 11.8 Å². The van der Waals surface area contributed by atoms with Gasteiger partial charge >= 0.3 is 5.97 Å². The zero-order valence-electron chi connectivity index (χ0n) is 8.32. The van der Waals surface area contributed by atoms with Crippen LogP contribution in [0.4, 0.5) is 0 Å². The van der Waals surface area contributed by atoms with Crippen molar-refractivity contribution in [3.63, 3.8) is 0 Å². The maximum Gasteiger partial charge on any atom is 0.357 e. The normalized spacial score (nSPS) is 24.7. The van der Waals surface area contributed by atoms with E-state index >= 15 is 0 Å². The molecule has 1 fully saturated rings. The van der Waals surface area contributed by atoms with E-state index < -0.39 is 0 Å². The molecule has 4 heteroatoms. The molecule has 1 heterocycles. The molecule has 0 bridgehead atoms. The van der Waals surface area contributed by atoms with Crippen molar-refractivity contribution in [1.29, 1.82) is 0 Å². The summed E-state index contributed by atoms with van der Waals surface area (Å²) in [6.07, 6.45) is 1.18. The molecule has 1 aromatic heterocycles. The van der Waals surface area contributed by atoms with Gasteiger partial charge in [0.1, 0.15) is 0 Å². The third-order valence-electron chi connectivity index (χ3n) is 2.53. The molecule has 1 aromatic rings. The van der Waals surface area contributed by atoms with Crippen LogP contribution in [0.25, 0.3) is 0 Å². The molecule has 76 valence electrons. The van der Waals surface area contributed by atoms with Gasteiger partial charge in [0, 0.05) is 5.38 Å². The Hall–Kier alpha value is -0.900. The van der Waals surface area contributed by atoms with Crippen LogP contribution < -0.4 is 0 Å². The lowest BCUT2D eigenvalue weighted by Gasteiger charge is -2.00. The second-order valence-electron chi connectivity index (χ2n) is 3.82. The minimum atomic E-state index is -0.284. The van der Waals surface area contributed by atoms with Crippen molar-refractivity contribution in [2.75, 3.05) is 6.61 Å². The number of carbonyl (C=O) groups is 1. The average molecular weight is 211 g/mol. The minimum absolute atomic E-state index is 0.284. The number of thiazole rings is 1. The van der Waals surface area contributed by atoms with Crippen molar-refractivity contribution in [2.45, 2.75) is 20.3 Å². The fourth-order valence-electron chi connectivity index (χ4n) is 1.35. The molecule has 2 atom stereocenters. The van der Waals surface area contributed by atoms with Gasteiger partial charge in [0.05, 0.1) is 11.6 Å². The highest BCUT2D eigenvalue weighted by Crippen LogP contribution is 2.37. The van der Waals surface area contributed by atoms with Gasteiger partial charge in [-0.25, -0.2) is 9.78 Å². The fourth-order valence-corrected chi connectivity index (χ4v) is 1.93. The van der Waals surface area contributed by atoms with E-state index in [-0.39, 0.29) is 5.97 Å². The van der Waals surface area contributed by atoms with Gasteiger partial charge in [0.25, 0.3) is 0 Å². The van der Waals surface area contributed by atoms with Crippen molar-refractivity contribution >= 4 is 17.3 Å². The molecule has 0 aromatic carbocycles. The van der Waals surface area contributed by atoms with E-state index in [1.54, 1.807) is 5.38 Å². The lowest BCUT2D eigenvalue weighted by molar-refractivity contribution is 0.0475. The van der Waals surface area contributed by atoms with Crippen LogP contribution >= 0.6 is 11.3 Å². The lowest BCUT2D eigenvalue weighted by Crippen LogP contribution is -2.08. The monoisotopic (exact) mass is 211 g/mol. The Bertz CT molecular complexity index is 348. The van der Waals surface area contributed by atoms with Gasteiger partial charge in [-0.05, 0) is 25.2 Å². The minimum Gasteiger partial charge on any atom is -0.461 e. The van der Waals surface area contributed by atoms with E-state index in [2.05, 4.69) is 11.9 Å². The van der Waals surface area contributed by atoms with E-state index in [1.807, 2.05) is 6.92 Å². The number of hydrogen-bond acceptors (Lipinski definition) is 4. The lowest BCUT2D eigenvalue weighted by atomic mass is 10.4. The van der Waals surface area contributed by atoms with E-state index in [0.29, 0.717) is 18.2 Å². The standard InChI is InChI=1S/C10H13NO2S/c1-6-3-8(6)4-13-10(12)9-5-14-7(2)11-9/h5-6,8H,3-4H2,1-2H3/t6-,8+/m0/s1. The Kier molecular flexibility index (Phi) is 2.54. The first-order chi connectivity index (χ1) is 6.66. The summed E-state index contributed by atoms with van der Waals surface area (Å²) in [7, 11) is 0. The van der Waals surface area contributed by atoms with Crippen LogP contribution in [-0.2, 0) is 4.74 Å². The highest BCUT2D eigenvalue weighted by Gasteiger charge is 2.33. The number of aryl methyl sites for hydroxylation is 1. The Labute approximate surface area is 87.1 Å². The summed E-state index contributed by atoms with van der Waals surface area (Å²) in [5.41, 5.74) is 0.445. The smallest absolute Gasteiger partial charge is 0.357 e. The van der Waals surface area contributed by atoms with Gasteiger partial charge in [-0.2, -0.15) is 0 Å². The molecule has 0 spiro atoms. The molecule has 0 radical (unpaired) electrons. The number of rotatable bonds is 3. The Morgan fingerprint density at radius 2 is 2.50 bits per heavy atom. The second-order valence-corrected chi connectivity index (χ2v) is 4.89. The molecule has 2 rings (SSSR count). The molecule has 1 saturated carbocycles. The van der Waals surface area contributed by atoms with Crippen LogP contribution in [-0.4, -0.2) is 17.6 Å². The number of ether oxygens (including phenoxy) is 1. The number of aromatic nitrogens is 1. The number of hydrogen-bond donors (Lipinski definition) is 0. The highest BCUT2D eigenvalue weighted by atomic mass is 32.1. The number of nitrogens with zero attached hydrogens (tertiary/aromatic N) is 1. The summed E-state index contributed by atoms with van der Waals surface area (Å²) in [4.78, 5) is 15.5. The quantitative estimate of drug-likeness (QED) is 0.720. The van der Waals surface area contributed by atoms with Gasteiger partial charge in [-0.1, -0.05) is 6.92 Å². The summed E-state index contributed by atoms with van der Waals surface area (Å²) in [5.74, 6) is 1.02. The number of carbonyl (C=O) groups excluding carboxylic acids is 1. The van der Waals surface area contributed by atoms with Crippen LogP contribution in [0.3, 0.4) is 0 Å². The van der Waals surface area contributed by atoms with Gasteiger partial charge in [0.15, 0.2) is 5.69 Å². The van der Waals surface area contributed by atoms with Crippen molar-refractivity contribution in [3.8, 4) is 0 Å². The maximum atomic E-state index is 11.4. The van der Waals surface area contributed by atoms with Gasteiger partial charge < -0.3 is 4.74 Å². The molecular formula is C10H13NO2S. The van der Waals surface area contributed by atoms with E-state index in [9.17, 15) is 4.79 Å². The molecule has 0 amide bonds. The third kappa shape index (κ3) is 2.12. The molecular weight excluding hydrogens is 198 g/mol. The van der Waals surface area contributed by atoms with E-state index in [1.165, 1.54) is 17.8 Å². The first-order valence-corrected chi connectivity index (χ1v) is 5.64. The van der Waals surface area contributed by atoms with Crippen molar-refractivity contribution in [1.82, 2.24) is 4.98 Å². The first-order valence-electron chi connectivity index (χ1n) is 4.76. The van der Waals surface area contributed by atoms with E-state index in [4.69, 9.17) is 4.74 Å². The topological polar surface area (TPSA) is 39.2 Å². The SMILES string of the molecule is Cc1nc(C(=O)OC[C@H]2C[C@@H]2C)cs1. The fraction of sp³-hybridized carbons (Fsp3) is 0.600. The average Bonchev–Trinajstić information content (AvgIpc) is 2.66. The van der Waals surface area contributed by atoms with Crippen LogP contribution in [0, 0.1) is 18.8 Å². The summed E-state index contributed by atoms with van der Waals surface area (Å²) >= 11 is 1.47.